The summed E-state index contributed by atoms with van der Waals surface area (Å²) in [5.41, 5.74) is 0.875. The molecule has 0 amide bonds. The molecule has 0 heterocycles. The Bertz CT molecular complexity index is 275. The van der Waals surface area contributed by atoms with Crippen LogP contribution < -0.4 is 24.8 Å². The van der Waals surface area contributed by atoms with Gasteiger partial charge in [0.1, 0.15) is 0 Å². The summed E-state index contributed by atoms with van der Waals surface area (Å²) in [6.45, 7) is 0. The second-order valence-electron chi connectivity index (χ2n) is 1.72. The standard InChI is InChI=1S/C6H4N4.2ClH/c7-9-5-1-2-6(10-8)4-3-5;;/h1-4H;2*1H/q+2;;/p-2. The zero-order valence-corrected chi connectivity index (χ0v) is 7.37. The molecule has 0 bridgehead atoms. The van der Waals surface area contributed by atoms with Crippen molar-refractivity contribution in [2.45, 2.75) is 0 Å². The van der Waals surface area contributed by atoms with Crippen LogP contribution in [0, 0.1) is 10.8 Å². The summed E-state index contributed by atoms with van der Waals surface area (Å²) in [5.74, 6) is 0. The highest BCUT2D eigenvalue weighted by molar-refractivity contribution is 5.53. The van der Waals surface area contributed by atoms with E-state index in [-0.39, 0.29) is 24.8 Å². The molecule has 0 spiro atoms. The van der Waals surface area contributed by atoms with Crippen molar-refractivity contribution >= 4 is 11.4 Å². The van der Waals surface area contributed by atoms with Crippen LogP contribution in [-0.2, 0) is 0 Å². The first kappa shape index (κ1) is 13.2. The monoisotopic (exact) mass is 202 g/mol. The predicted octanol–water partition coefficient (Wildman–Crippen LogP) is -3.34. The fraction of sp³-hybridized carbons (Fsp3) is 0. The molecular formula is C6H4Cl2N4. The van der Waals surface area contributed by atoms with Crippen LogP contribution in [0.25, 0.3) is 9.95 Å². The molecule has 0 aliphatic heterocycles. The van der Waals surface area contributed by atoms with E-state index in [9.17, 15) is 0 Å². The topological polar surface area (TPSA) is 56.3 Å². The first-order chi connectivity index (χ1) is 4.86. The van der Waals surface area contributed by atoms with Gasteiger partial charge in [-0.2, -0.15) is 0 Å². The third-order valence-electron chi connectivity index (χ3n) is 1.08. The van der Waals surface area contributed by atoms with E-state index in [1.807, 2.05) is 0 Å². The average molecular weight is 203 g/mol. The fourth-order valence-electron chi connectivity index (χ4n) is 0.586. The van der Waals surface area contributed by atoms with E-state index in [1.54, 1.807) is 0 Å². The van der Waals surface area contributed by atoms with Crippen LogP contribution in [0.5, 0.6) is 0 Å². The summed E-state index contributed by atoms with van der Waals surface area (Å²) >= 11 is 0. The van der Waals surface area contributed by atoms with E-state index < -0.39 is 0 Å². The van der Waals surface area contributed by atoms with E-state index in [4.69, 9.17) is 10.8 Å². The molecule has 1 rings (SSSR count). The van der Waals surface area contributed by atoms with Gasteiger partial charge in [-0.15, -0.1) is 0 Å². The average Bonchev–Trinajstić information content (AvgIpc) is 2.05. The predicted molar refractivity (Wildman–Crippen MR) is 35.9 cm³/mol. The lowest BCUT2D eigenvalue weighted by molar-refractivity contribution is -0.00100. The fourth-order valence-corrected chi connectivity index (χ4v) is 0.586. The lowest BCUT2D eigenvalue weighted by atomic mass is 10.3. The van der Waals surface area contributed by atoms with Gasteiger partial charge < -0.3 is 24.8 Å². The lowest BCUT2D eigenvalue weighted by Crippen LogP contribution is -3.00. The summed E-state index contributed by atoms with van der Waals surface area (Å²) < 4.78 is 0. The Balaban J connectivity index is 0. The molecule has 0 saturated heterocycles. The van der Waals surface area contributed by atoms with Gasteiger partial charge in [-0.05, 0) is 0 Å². The van der Waals surface area contributed by atoms with E-state index in [0.29, 0.717) is 11.4 Å². The molecular weight excluding hydrogens is 199 g/mol. The molecule has 0 fully saturated rings. The first-order valence-corrected chi connectivity index (χ1v) is 2.67. The van der Waals surface area contributed by atoms with Crippen molar-refractivity contribution in [2.75, 3.05) is 0 Å². The highest BCUT2D eigenvalue weighted by atomic mass is 35.5. The number of hydrogen-bond acceptors (Lipinski definition) is 2. The zero-order chi connectivity index (χ0) is 7.40. The van der Waals surface area contributed by atoms with Gasteiger partial charge in [-0.3, -0.25) is 0 Å². The molecule has 0 aliphatic rings. The molecule has 12 heavy (non-hydrogen) atoms. The van der Waals surface area contributed by atoms with Crippen LogP contribution in [-0.4, -0.2) is 0 Å². The molecule has 6 heteroatoms. The Morgan fingerprint density at radius 3 is 1.17 bits per heavy atom. The van der Waals surface area contributed by atoms with Gasteiger partial charge in [0.25, 0.3) is 0 Å². The maximum Gasteiger partial charge on any atom is 0.385 e. The summed E-state index contributed by atoms with van der Waals surface area (Å²) in [5, 5.41) is 16.5. The third-order valence-corrected chi connectivity index (χ3v) is 1.08. The van der Waals surface area contributed by atoms with Crippen molar-refractivity contribution in [3.8, 4) is 0 Å². The second kappa shape index (κ2) is 6.36. The van der Waals surface area contributed by atoms with E-state index >= 15 is 0 Å². The number of hydrogen-bond donors (Lipinski definition) is 0. The van der Waals surface area contributed by atoms with Crippen molar-refractivity contribution in [3.63, 3.8) is 0 Å². The number of nitrogens with zero attached hydrogens (tertiary/aromatic N) is 4. The van der Waals surface area contributed by atoms with Crippen LogP contribution in [0.3, 0.4) is 0 Å². The molecule has 0 radical (unpaired) electrons. The highest BCUT2D eigenvalue weighted by Crippen LogP contribution is 2.17. The van der Waals surface area contributed by atoms with Gasteiger partial charge in [0.15, 0.2) is 9.95 Å². The highest BCUT2D eigenvalue weighted by Gasteiger charge is 2.07. The Hall–Kier alpha value is -1.36. The van der Waals surface area contributed by atoms with Crippen LogP contribution in [0.1, 0.15) is 0 Å². The molecule has 4 nitrogen and oxygen atoms in total. The molecule has 0 unspecified atom stereocenters. The Morgan fingerprint density at radius 2 is 1.00 bits per heavy atom. The van der Waals surface area contributed by atoms with Gasteiger partial charge in [0.05, 0.1) is 0 Å². The molecule has 0 saturated carbocycles. The van der Waals surface area contributed by atoms with Gasteiger partial charge >= 0.3 is 11.4 Å². The quantitative estimate of drug-likeness (QED) is 0.414. The molecule has 62 valence electrons. The molecule has 0 aliphatic carbocycles. The normalized spacial score (nSPS) is 6.50. The Morgan fingerprint density at radius 1 is 0.750 bits per heavy atom. The minimum atomic E-state index is 0. The van der Waals surface area contributed by atoms with Crippen molar-refractivity contribution in [1.29, 1.82) is 10.8 Å². The Labute approximate surface area is 81.7 Å². The van der Waals surface area contributed by atoms with Crippen LogP contribution >= 0.6 is 0 Å². The molecule has 0 N–H and O–H groups in total. The summed E-state index contributed by atoms with van der Waals surface area (Å²) in [6.07, 6.45) is 0. The van der Waals surface area contributed by atoms with Crippen molar-refractivity contribution in [3.05, 3.63) is 34.2 Å². The van der Waals surface area contributed by atoms with Gasteiger partial charge in [-0.25, -0.2) is 0 Å². The van der Waals surface area contributed by atoms with Gasteiger partial charge in [0, 0.05) is 24.3 Å². The second-order valence-corrected chi connectivity index (χ2v) is 1.72. The van der Waals surface area contributed by atoms with Crippen molar-refractivity contribution in [2.24, 2.45) is 0 Å². The Kier molecular flexibility index (Phi) is 7.02. The van der Waals surface area contributed by atoms with Gasteiger partial charge in [-0.1, -0.05) is 0 Å². The largest absolute Gasteiger partial charge is 1.00 e. The minimum Gasteiger partial charge on any atom is -1.00 e. The molecule has 0 atom stereocenters. The van der Waals surface area contributed by atoms with Crippen molar-refractivity contribution in [1.82, 2.24) is 0 Å². The summed E-state index contributed by atoms with van der Waals surface area (Å²) in [6, 6.07) is 6.15. The van der Waals surface area contributed by atoms with Crippen LogP contribution in [0.4, 0.5) is 11.4 Å². The number of benzene rings is 1. The smallest absolute Gasteiger partial charge is 0.385 e. The first-order valence-electron chi connectivity index (χ1n) is 2.67. The molecule has 1 aromatic carbocycles. The summed E-state index contributed by atoms with van der Waals surface area (Å²) in [4.78, 5) is 5.85. The summed E-state index contributed by atoms with van der Waals surface area (Å²) in [7, 11) is 0. The maximum absolute atomic E-state index is 8.23. The maximum atomic E-state index is 8.23. The van der Waals surface area contributed by atoms with E-state index in [0.717, 1.165) is 0 Å². The zero-order valence-electron chi connectivity index (χ0n) is 5.85. The SMILES string of the molecule is N#[N+]c1ccc([N+]#N)cc1.[Cl-].[Cl-]. The number of diazo groups is 2. The number of halogens is 2. The minimum absolute atomic E-state index is 0. The van der Waals surface area contributed by atoms with E-state index in [2.05, 4.69) is 9.95 Å². The van der Waals surface area contributed by atoms with Crippen LogP contribution in [0.15, 0.2) is 24.3 Å². The van der Waals surface area contributed by atoms with Crippen molar-refractivity contribution < 1.29 is 24.8 Å². The molecule has 0 aromatic heterocycles. The van der Waals surface area contributed by atoms with Gasteiger partial charge in [0.2, 0.25) is 10.8 Å². The number of rotatable bonds is 0. The van der Waals surface area contributed by atoms with E-state index in [1.165, 1.54) is 24.3 Å². The lowest BCUT2D eigenvalue weighted by Gasteiger charge is -1.68. The molecule has 1 aromatic rings. The van der Waals surface area contributed by atoms with Crippen LogP contribution in [0.2, 0.25) is 0 Å². The third kappa shape index (κ3) is 3.16.